The van der Waals surface area contributed by atoms with Gasteiger partial charge in [-0.15, -0.1) is 0 Å². The van der Waals surface area contributed by atoms with Crippen molar-refractivity contribution in [3.8, 4) is 0 Å². The van der Waals surface area contributed by atoms with E-state index in [9.17, 15) is 4.79 Å². The van der Waals surface area contributed by atoms with E-state index in [4.69, 9.17) is 0 Å². The highest BCUT2D eigenvalue weighted by atomic mass is 16.1. The van der Waals surface area contributed by atoms with E-state index in [1.165, 1.54) is 6.92 Å². The maximum atomic E-state index is 10.4. The molecule has 11 heavy (non-hydrogen) atoms. The van der Waals surface area contributed by atoms with Gasteiger partial charge >= 0.3 is 0 Å². The van der Waals surface area contributed by atoms with Gasteiger partial charge in [0.15, 0.2) is 0 Å². The van der Waals surface area contributed by atoms with Crippen LogP contribution < -0.4 is 5.32 Å². The minimum absolute atomic E-state index is 0.0462. The third kappa shape index (κ3) is 17.7. The molecular weight excluding hydrogens is 138 g/mol. The van der Waals surface area contributed by atoms with Crippen LogP contribution in [0.25, 0.3) is 0 Å². The normalized spacial score (nSPS) is 9.64. The average Bonchev–Trinajstić information content (AvgIpc) is 1.87. The molecule has 0 rings (SSSR count). The average molecular weight is 159 g/mol. The van der Waals surface area contributed by atoms with Crippen molar-refractivity contribution in [3.63, 3.8) is 0 Å². The maximum Gasteiger partial charge on any atom is 0.216 e. The number of carbonyl (C=O) groups is 1. The first-order valence-electron chi connectivity index (χ1n) is 4.16. The second-order valence-corrected chi connectivity index (χ2v) is 3.47. The van der Waals surface area contributed by atoms with Gasteiger partial charge in [-0.25, -0.2) is 0 Å². The summed E-state index contributed by atoms with van der Waals surface area (Å²) in [7, 11) is 0. The summed E-state index contributed by atoms with van der Waals surface area (Å²) in [5.74, 6) is 0.0462. The summed E-state index contributed by atoms with van der Waals surface area (Å²) in [6.07, 6.45) is 0. The Hall–Kier alpha value is -0.530. The second kappa shape index (κ2) is 6.20. The lowest BCUT2D eigenvalue weighted by molar-refractivity contribution is -0.119. The Kier molecular flexibility index (Phi) is 7.37. The topological polar surface area (TPSA) is 29.1 Å². The second-order valence-electron chi connectivity index (χ2n) is 3.47. The van der Waals surface area contributed by atoms with Gasteiger partial charge in [-0.05, 0) is 5.41 Å². The largest absolute Gasteiger partial charge is 0.356 e. The molecule has 0 aromatic rings. The van der Waals surface area contributed by atoms with Crippen molar-refractivity contribution < 1.29 is 4.79 Å². The van der Waals surface area contributed by atoms with Crippen molar-refractivity contribution in [2.45, 2.75) is 41.5 Å². The Morgan fingerprint density at radius 2 is 1.64 bits per heavy atom. The van der Waals surface area contributed by atoms with Gasteiger partial charge < -0.3 is 5.32 Å². The molecule has 0 saturated heterocycles. The minimum atomic E-state index is 0.0462. The zero-order chi connectivity index (χ0) is 9.49. The zero-order valence-electron chi connectivity index (χ0n) is 8.62. The van der Waals surface area contributed by atoms with Crippen LogP contribution in [-0.4, -0.2) is 12.5 Å². The first-order valence-corrected chi connectivity index (χ1v) is 4.16. The maximum absolute atomic E-state index is 10.4. The zero-order valence-corrected chi connectivity index (χ0v) is 8.62. The van der Waals surface area contributed by atoms with E-state index >= 15 is 0 Å². The predicted octanol–water partition coefficient (Wildman–Crippen LogP) is 2.19. The molecule has 2 heteroatoms. The fourth-order valence-corrected chi connectivity index (χ4v) is 0.390. The number of amides is 1. The number of carbonyl (C=O) groups excluding carboxylic acids is 1. The Morgan fingerprint density at radius 3 is 1.73 bits per heavy atom. The van der Waals surface area contributed by atoms with Crippen LogP contribution in [0.1, 0.15) is 41.5 Å². The van der Waals surface area contributed by atoms with Crippen LogP contribution in [0.4, 0.5) is 0 Å². The third-order valence-corrected chi connectivity index (χ3v) is 0.868. The molecule has 0 aromatic carbocycles. The van der Waals surface area contributed by atoms with Crippen LogP contribution >= 0.6 is 0 Å². The van der Waals surface area contributed by atoms with E-state index in [0.717, 1.165) is 6.54 Å². The SMILES string of the molecule is CC.CC(=O)NCC(C)(C)C. The van der Waals surface area contributed by atoms with Crippen LogP contribution in [0.2, 0.25) is 0 Å². The standard InChI is InChI=1S/C7H15NO.C2H6/c1-6(9)8-5-7(2,3)4;1-2/h5H2,1-4H3,(H,8,9);1-2H3. The van der Waals surface area contributed by atoms with Crippen molar-refractivity contribution in [2.75, 3.05) is 6.54 Å². The molecule has 0 unspecified atom stereocenters. The fourth-order valence-electron chi connectivity index (χ4n) is 0.390. The molecule has 0 fully saturated rings. The van der Waals surface area contributed by atoms with Gasteiger partial charge in [0.25, 0.3) is 0 Å². The van der Waals surface area contributed by atoms with E-state index < -0.39 is 0 Å². The quantitative estimate of drug-likeness (QED) is 0.624. The molecule has 1 amide bonds. The first kappa shape index (κ1) is 13.1. The smallest absolute Gasteiger partial charge is 0.216 e. The summed E-state index contributed by atoms with van der Waals surface area (Å²) < 4.78 is 0. The summed E-state index contributed by atoms with van der Waals surface area (Å²) in [5.41, 5.74) is 0.200. The monoisotopic (exact) mass is 159 g/mol. The van der Waals surface area contributed by atoms with Crippen molar-refractivity contribution >= 4 is 5.91 Å². The number of hydrogen-bond donors (Lipinski definition) is 1. The van der Waals surface area contributed by atoms with Crippen molar-refractivity contribution in [1.82, 2.24) is 5.32 Å². The van der Waals surface area contributed by atoms with Crippen LogP contribution in [-0.2, 0) is 4.79 Å². The van der Waals surface area contributed by atoms with E-state index in [1.54, 1.807) is 0 Å². The van der Waals surface area contributed by atoms with Gasteiger partial charge in [-0.2, -0.15) is 0 Å². The van der Waals surface area contributed by atoms with Crippen molar-refractivity contribution in [3.05, 3.63) is 0 Å². The van der Waals surface area contributed by atoms with Crippen molar-refractivity contribution in [1.29, 1.82) is 0 Å². The molecule has 0 aliphatic heterocycles. The summed E-state index contributed by atoms with van der Waals surface area (Å²) in [4.78, 5) is 10.4. The molecule has 0 bridgehead atoms. The number of rotatable bonds is 1. The molecule has 2 nitrogen and oxygen atoms in total. The molecule has 0 saturated carbocycles. The van der Waals surface area contributed by atoms with Crippen LogP contribution in [0.5, 0.6) is 0 Å². The van der Waals surface area contributed by atoms with Gasteiger partial charge in [-0.3, -0.25) is 4.79 Å². The lowest BCUT2D eigenvalue weighted by atomic mass is 9.97. The van der Waals surface area contributed by atoms with Gasteiger partial charge in [0.1, 0.15) is 0 Å². The molecule has 0 spiro atoms. The molecule has 0 aromatic heterocycles. The Bertz CT molecular complexity index is 103. The minimum Gasteiger partial charge on any atom is -0.356 e. The molecule has 0 aliphatic rings. The number of hydrogen-bond acceptors (Lipinski definition) is 1. The predicted molar refractivity (Wildman–Crippen MR) is 49.5 cm³/mol. The van der Waals surface area contributed by atoms with Crippen molar-refractivity contribution in [2.24, 2.45) is 5.41 Å². The first-order chi connectivity index (χ1) is 4.92. The lowest BCUT2D eigenvalue weighted by Crippen LogP contribution is -2.30. The van der Waals surface area contributed by atoms with Crippen LogP contribution in [0.3, 0.4) is 0 Å². The highest BCUT2D eigenvalue weighted by Gasteiger charge is 2.09. The molecule has 0 atom stereocenters. The molecule has 68 valence electrons. The van der Waals surface area contributed by atoms with E-state index in [0.29, 0.717) is 0 Å². The van der Waals surface area contributed by atoms with Gasteiger partial charge in [0, 0.05) is 13.5 Å². The molecular formula is C9H21NO. The van der Waals surface area contributed by atoms with Gasteiger partial charge in [0.05, 0.1) is 0 Å². The molecule has 0 aliphatic carbocycles. The summed E-state index contributed by atoms with van der Waals surface area (Å²) >= 11 is 0. The van der Waals surface area contributed by atoms with E-state index in [1.807, 2.05) is 13.8 Å². The highest BCUT2D eigenvalue weighted by molar-refractivity contribution is 5.72. The highest BCUT2D eigenvalue weighted by Crippen LogP contribution is 2.09. The Morgan fingerprint density at radius 1 is 1.27 bits per heavy atom. The summed E-state index contributed by atoms with van der Waals surface area (Å²) in [5, 5.41) is 2.75. The molecule has 0 radical (unpaired) electrons. The van der Waals surface area contributed by atoms with E-state index in [2.05, 4.69) is 26.1 Å². The lowest BCUT2D eigenvalue weighted by Gasteiger charge is -2.17. The third-order valence-electron chi connectivity index (χ3n) is 0.868. The summed E-state index contributed by atoms with van der Waals surface area (Å²) in [6, 6.07) is 0. The fraction of sp³-hybridized carbons (Fsp3) is 0.889. The molecule has 1 N–H and O–H groups in total. The van der Waals surface area contributed by atoms with Gasteiger partial charge in [0.2, 0.25) is 5.91 Å². The molecule has 0 heterocycles. The Balaban J connectivity index is 0. The van der Waals surface area contributed by atoms with Crippen LogP contribution in [0, 0.1) is 5.41 Å². The van der Waals surface area contributed by atoms with E-state index in [-0.39, 0.29) is 11.3 Å². The van der Waals surface area contributed by atoms with Crippen LogP contribution in [0.15, 0.2) is 0 Å². The summed E-state index contributed by atoms with van der Waals surface area (Å²) in [6.45, 7) is 12.5. The Labute approximate surface area is 70.4 Å². The van der Waals surface area contributed by atoms with Gasteiger partial charge in [-0.1, -0.05) is 34.6 Å². The number of nitrogens with one attached hydrogen (secondary N) is 1.